The van der Waals surface area contributed by atoms with Crippen molar-refractivity contribution in [3.63, 3.8) is 0 Å². The maximum absolute atomic E-state index is 14.0. The minimum absolute atomic E-state index is 0.0811. The Morgan fingerprint density at radius 3 is 2.40 bits per heavy atom. The van der Waals surface area contributed by atoms with E-state index in [4.69, 9.17) is 9.72 Å². The second-order valence-electron chi connectivity index (χ2n) is 15.4. The molecule has 1 saturated heterocycles. The van der Waals surface area contributed by atoms with Crippen LogP contribution >= 0.6 is 0 Å². The van der Waals surface area contributed by atoms with E-state index in [0.29, 0.717) is 42.4 Å². The van der Waals surface area contributed by atoms with Crippen LogP contribution < -0.4 is 9.62 Å². The fraction of sp³-hybridized carbons (Fsp3) is 0.588. The minimum Gasteiger partial charge on any atom is -0.755 e. The van der Waals surface area contributed by atoms with Gasteiger partial charge in [-0.3, -0.25) is 14.1 Å². The van der Waals surface area contributed by atoms with Gasteiger partial charge in [-0.25, -0.2) is 14.3 Å². The Hall–Kier alpha value is -3.89. The first-order chi connectivity index (χ1) is 22.0. The fourth-order valence-electron chi connectivity index (χ4n) is 7.43. The molecule has 47 heavy (non-hydrogen) atoms. The standard InChI is InChI=1S/C34H46N6O6S/c1-19-13-23(33(2,3)4)28(24(14-19)34(5,6)7)46-32(43)27-22(16-35)18-40-30(27)36-29(37-40)20-10-11-26(25(15-20)38-47(44)45)39-12-8-9-21(17-39)31(41)42/h10-11,15,18-19,21,23-24,28,38H,8-9,12-14,17H2,1-7H3,(H,36,37)(H,41,42)(H,44,45)/p-1. The third kappa shape index (κ3) is 7.18. The predicted molar refractivity (Wildman–Crippen MR) is 178 cm³/mol. The molecule has 0 spiro atoms. The van der Waals surface area contributed by atoms with Crippen molar-refractivity contribution >= 4 is 40.2 Å². The zero-order valence-electron chi connectivity index (χ0n) is 28.1. The lowest BCUT2D eigenvalue weighted by Crippen LogP contribution is -2.49. The molecule has 13 heteroatoms. The first-order valence-electron chi connectivity index (χ1n) is 16.2. The van der Waals surface area contributed by atoms with Crippen LogP contribution in [0.2, 0.25) is 0 Å². The molecule has 2 fully saturated rings. The molecule has 2 aliphatic rings. The molecule has 254 valence electrons. The fourth-order valence-corrected chi connectivity index (χ4v) is 7.77. The van der Waals surface area contributed by atoms with Crippen molar-refractivity contribution in [3.8, 4) is 17.5 Å². The van der Waals surface area contributed by atoms with Crippen LogP contribution in [0.5, 0.6) is 0 Å². The van der Waals surface area contributed by atoms with Crippen LogP contribution in [0.3, 0.4) is 0 Å². The number of hydrogen-bond donors (Lipinski definition) is 3. The molecule has 1 saturated carbocycles. The molecular weight excluding hydrogens is 620 g/mol. The quantitative estimate of drug-likeness (QED) is 0.202. The molecule has 5 rings (SSSR count). The number of rotatable bonds is 7. The summed E-state index contributed by atoms with van der Waals surface area (Å²) in [5, 5.41) is 22.6. The van der Waals surface area contributed by atoms with Crippen molar-refractivity contribution in [2.75, 3.05) is 22.7 Å². The number of carboxylic acids is 1. The number of piperidine rings is 1. The topological polar surface area (TPSA) is 176 Å². The van der Waals surface area contributed by atoms with Crippen molar-refractivity contribution in [3.05, 3.63) is 35.5 Å². The zero-order valence-corrected chi connectivity index (χ0v) is 28.9. The van der Waals surface area contributed by atoms with Gasteiger partial charge in [0.15, 0.2) is 11.5 Å². The van der Waals surface area contributed by atoms with Crippen LogP contribution in [0.25, 0.3) is 17.0 Å². The summed E-state index contributed by atoms with van der Waals surface area (Å²) in [4.78, 5) is 32.3. The monoisotopic (exact) mass is 665 g/mol. The number of carbonyl (C=O) groups excluding carboxylic acids is 1. The molecule has 3 heterocycles. The number of esters is 1. The van der Waals surface area contributed by atoms with Crippen LogP contribution in [0, 0.1) is 45.8 Å². The van der Waals surface area contributed by atoms with E-state index >= 15 is 0 Å². The van der Waals surface area contributed by atoms with Gasteiger partial charge in [0.1, 0.15) is 17.7 Å². The molecule has 4 unspecified atom stereocenters. The maximum atomic E-state index is 14.0. The molecule has 1 aromatic carbocycles. The Kier molecular flexibility index (Phi) is 9.50. The van der Waals surface area contributed by atoms with Crippen LogP contribution in [-0.2, 0) is 20.8 Å². The molecule has 2 aromatic heterocycles. The number of anilines is 2. The van der Waals surface area contributed by atoms with Gasteiger partial charge >= 0.3 is 11.9 Å². The number of carboxylic acid groups (broad SMARTS) is 1. The number of nitrogens with zero attached hydrogens (tertiary/aromatic N) is 4. The molecule has 12 nitrogen and oxygen atoms in total. The van der Waals surface area contributed by atoms with Gasteiger partial charge in [-0.2, -0.15) is 5.26 Å². The van der Waals surface area contributed by atoms with E-state index in [2.05, 4.69) is 64.4 Å². The summed E-state index contributed by atoms with van der Waals surface area (Å²) in [5.41, 5.74) is 1.60. The van der Waals surface area contributed by atoms with Gasteiger partial charge < -0.3 is 24.0 Å². The van der Waals surface area contributed by atoms with Gasteiger partial charge in [-0.05, 0) is 60.6 Å². The van der Waals surface area contributed by atoms with E-state index < -0.39 is 29.1 Å². The van der Waals surface area contributed by atoms with Gasteiger partial charge in [-0.15, -0.1) is 0 Å². The number of hydrogen-bond acceptors (Lipinski definition) is 8. The van der Waals surface area contributed by atoms with E-state index in [9.17, 15) is 28.7 Å². The molecule has 1 aliphatic carbocycles. The number of H-pyrrole nitrogens is 1. The number of nitrogens with one attached hydrogen (secondary N) is 2. The molecule has 3 aromatic rings. The summed E-state index contributed by atoms with van der Waals surface area (Å²) in [7, 11) is 0. The first kappa shape index (κ1) is 34.4. The second kappa shape index (κ2) is 13.0. The summed E-state index contributed by atoms with van der Waals surface area (Å²) in [6, 6.07) is 7.21. The van der Waals surface area contributed by atoms with Crippen molar-refractivity contribution < 1.29 is 28.2 Å². The van der Waals surface area contributed by atoms with Gasteiger partial charge in [0, 0.05) is 48.0 Å². The molecule has 3 N–H and O–H groups in total. The summed E-state index contributed by atoms with van der Waals surface area (Å²) in [6.07, 6.45) is 4.26. The van der Waals surface area contributed by atoms with Crippen LogP contribution in [0.4, 0.5) is 11.4 Å². The lowest BCUT2D eigenvalue weighted by atomic mass is 9.59. The highest BCUT2D eigenvalue weighted by molar-refractivity contribution is 7.80. The number of ether oxygens (including phenoxy) is 1. The smallest absolute Gasteiger partial charge is 0.343 e. The Morgan fingerprint density at radius 2 is 1.83 bits per heavy atom. The highest BCUT2D eigenvalue weighted by Gasteiger charge is 2.48. The van der Waals surface area contributed by atoms with Crippen molar-refractivity contribution in [2.45, 2.75) is 80.3 Å². The number of aromatic amines is 1. The number of aromatic nitrogens is 3. The van der Waals surface area contributed by atoms with E-state index in [0.717, 1.165) is 12.8 Å². The largest absolute Gasteiger partial charge is 0.755 e. The maximum Gasteiger partial charge on any atom is 0.343 e. The molecule has 0 amide bonds. The normalized spacial score (nSPS) is 24.5. The summed E-state index contributed by atoms with van der Waals surface area (Å²) < 4.78 is 33.8. The summed E-state index contributed by atoms with van der Waals surface area (Å²) in [6.45, 7) is 16.2. The number of nitriles is 1. The number of aliphatic carboxylic acids is 1. The third-order valence-electron chi connectivity index (χ3n) is 9.90. The second-order valence-corrected chi connectivity index (χ2v) is 16.1. The number of fused-ring (bicyclic) bond motifs is 1. The van der Waals surface area contributed by atoms with Crippen LogP contribution in [-0.4, -0.2) is 59.6 Å². The Labute approximate surface area is 278 Å². The molecular formula is C34H45N6O6S-. The van der Waals surface area contributed by atoms with Gasteiger partial charge in [0.05, 0.1) is 22.9 Å². The van der Waals surface area contributed by atoms with Gasteiger partial charge in [0.25, 0.3) is 0 Å². The Balaban J connectivity index is 1.50. The average molecular weight is 666 g/mol. The first-order valence-corrected chi connectivity index (χ1v) is 17.3. The van der Waals surface area contributed by atoms with Crippen molar-refractivity contribution in [1.29, 1.82) is 5.26 Å². The predicted octanol–water partition coefficient (Wildman–Crippen LogP) is 5.99. The van der Waals surface area contributed by atoms with Gasteiger partial charge in [-0.1, -0.05) is 48.5 Å². The van der Waals surface area contributed by atoms with E-state index in [-0.39, 0.29) is 57.8 Å². The average Bonchev–Trinajstić information content (AvgIpc) is 3.54. The highest BCUT2D eigenvalue weighted by atomic mass is 32.2. The third-order valence-corrected chi connectivity index (χ3v) is 10.3. The van der Waals surface area contributed by atoms with Crippen LogP contribution in [0.1, 0.15) is 90.1 Å². The molecule has 0 radical (unpaired) electrons. The van der Waals surface area contributed by atoms with E-state index in [1.165, 1.54) is 10.7 Å². The van der Waals surface area contributed by atoms with Crippen molar-refractivity contribution in [1.82, 2.24) is 14.6 Å². The van der Waals surface area contributed by atoms with E-state index in [1.807, 2.05) is 4.90 Å². The summed E-state index contributed by atoms with van der Waals surface area (Å²) in [5.74, 6) is -0.948. The van der Waals surface area contributed by atoms with Crippen molar-refractivity contribution in [2.24, 2.45) is 34.5 Å². The Morgan fingerprint density at radius 1 is 1.17 bits per heavy atom. The highest BCUT2D eigenvalue weighted by Crippen LogP contribution is 2.50. The molecule has 4 atom stereocenters. The van der Waals surface area contributed by atoms with Crippen LogP contribution in [0.15, 0.2) is 24.4 Å². The minimum atomic E-state index is -2.64. The SMILES string of the molecule is CC1CC(C(C)(C)C)C(OC(=O)c2c(C#N)cn3[nH]c(-c4ccc(N5CCCC(C(=O)O)C5)c(NS(=O)[O-])c4)nc23)C(C(C)(C)C)C1. The zero-order chi connectivity index (χ0) is 34.4. The Bertz CT molecular complexity index is 1700. The lowest BCUT2D eigenvalue weighted by Gasteiger charge is -2.50. The molecule has 0 bridgehead atoms. The number of benzene rings is 1. The molecule has 1 aliphatic heterocycles. The summed E-state index contributed by atoms with van der Waals surface area (Å²) >= 11 is -2.64. The van der Waals surface area contributed by atoms with E-state index in [1.54, 1.807) is 18.2 Å². The number of carbonyl (C=O) groups is 2. The lowest BCUT2D eigenvalue weighted by molar-refractivity contribution is -0.141. The van der Waals surface area contributed by atoms with Gasteiger partial charge in [0.2, 0.25) is 0 Å².